The van der Waals surface area contributed by atoms with Crippen molar-refractivity contribution < 1.29 is 9.59 Å². The molecule has 7 heteroatoms. The lowest BCUT2D eigenvalue weighted by molar-refractivity contribution is -0.142. The first-order valence-electron chi connectivity index (χ1n) is 7.06. The van der Waals surface area contributed by atoms with Crippen molar-refractivity contribution >= 4 is 17.6 Å². The highest BCUT2D eigenvalue weighted by atomic mass is 16.2. The van der Waals surface area contributed by atoms with Gasteiger partial charge in [0.05, 0.1) is 5.56 Å². The van der Waals surface area contributed by atoms with E-state index in [9.17, 15) is 9.59 Å². The summed E-state index contributed by atoms with van der Waals surface area (Å²) < 4.78 is 0. The van der Waals surface area contributed by atoms with Crippen LogP contribution in [0.3, 0.4) is 0 Å². The Bertz CT molecular complexity index is 559. The quantitative estimate of drug-likeness (QED) is 0.736. The molecular weight excluding hydrogens is 270 g/mol. The minimum atomic E-state index is -0.219. The van der Waals surface area contributed by atoms with Crippen LogP contribution in [0.5, 0.6) is 0 Å². The highest BCUT2D eigenvalue weighted by molar-refractivity contribution is 5.95. The number of hydrogen-bond donors (Lipinski definition) is 1. The van der Waals surface area contributed by atoms with Crippen LogP contribution in [0.4, 0.5) is 5.82 Å². The Balaban J connectivity index is 1.74. The zero-order valence-electron chi connectivity index (χ0n) is 12.0. The van der Waals surface area contributed by atoms with Crippen molar-refractivity contribution in [3.63, 3.8) is 0 Å². The van der Waals surface area contributed by atoms with Gasteiger partial charge < -0.3 is 15.5 Å². The minimum Gasteiger partial charge on any atom is -0.384 e. The molecule has 2 saturated heterocycles. The molecule has 0 bridgehead atoms. The number of piperazine rings is 2. The fraction of sp³-hybridized carbons (Fsp3) is 0.500. The van der Waals surface area contributed by atoms with E-state index in [1.807, 2.05) is 7.05 Å². The van der Waals surface area contributed by atoms with Crippen molar-refractivity contribution in [1.29, 1.82) is 0 Å². The van der Waals surface area contributed by atoms with E-state index in [1.54, 1.807) is 21.9 Å². The van der Waals surface area contributed by atoms with Gasteiger partial charge in [0.25, 0.3) is 5.91 Å². The van der Waals surface area contributed by atoms with E-state index in [1.165, 1.54) is 6.20 Å². The highest BCUT2D eigenvalue weighted by Gasteiger charge is 2.38. The second-order valence-electron chi connectivity index (χ2n) is 5.53. The number of nitrogens with zero attached hydrogens (tertiary/aromatic N) is 4. The molecule has 2 amide bonds. The second-order valence-corrected chi connectivity index (χ2v) is 5.53. The summed E-state index contributed by atoms with van der Waals surface area (Å²) in [4.78, 5) is 34.3. The first-order valence-corrected chi connectivity index (χ1v) is 7.06. The third kappa shape index (κ3) is 2.56. The fourth-order valence-corrected chi connectivity index (χ4v) is 2.86. The Morgan fingerprint density at radius 3 is 2.76 bits per heavy atom. The number of anilines is 1. The number of carbonyl (C=O) groups is 2. The van der Waals surface area contributed by atoms with Crippen LogP contribution in [-0.4, -0.2) is 77.3 Å². The average Bonchev–Trinajstić information content (AvgIpc) is 2.51. The zero-order valence-corrected chi connectivity index (χ0v) is 12.0. The fourth-order valence-electron chi connectivity index (χ4n) is 2.86. The lowest BCUT2D eigenvalue weighted by atomic mass is 10.1. The van der Waals surface area contributed by atoms with Crippen LogP contribution >= 0.6 is 0 Å². The van der Waals surface area contributed by atoms with Crippen molar-refractivity contribution in [3.05, 3.63) is 23.9 Å². The molecule has 0 radical (unpaired) electrons. The summed E-state index contributed by atoms with van der Waals surface area (Å²) in [6.07, 6.45) is 1.48. The minimum absolute atomic E-state index is 0.0918. The number of likely N-dealkylation sites (N-methyl/N-ethyl adjacent to an activating group) is 1. The van der Waals surface area contributed by atoms with E-state index in [4.69, 9.17) is 5.73 Å². The van der Waals surface area contributed by atoms with Gasteiger partial charge in [-0.25, -0.2) is 4.98 Å². The van der Waals surface area contributed by atoms with Gasteiger partial charge in [-0.2, -0.15) is 0 Å². The Hall–Kier alpha value is -2.15. The van der Waals surface area contributed by atoms with Crippen LogP contribution in [0, 0.1) is 0 Å². The van der Waals surface area contributed by atoms with E-state index in [0.29, 0.717) is 24.5 Å². The summed E-state index contributed by atoms with van der Waals surface area (Å²) in [5.41, 5.74) is 6.04. The van der Waals surface area contributed by atoms with Crippen LogP contribution in [0.15, 0.2) is 18.3 Å². The van der Waals surface area contributed by atoms with Crippen molar-refractivity contribution in [2.24, 2.45) is 0 Å². The molecule has 2 N–H and O–H groups in total. The number of aromatic nitrogens is 1. The summed E-state index contributed by atoms with van der Waals surface area (Å²) in [6, 6.07) is 3.07. The Morgan fingerprint density at radius 1 is 1.29 bits per heavy atom. The van der Waals surface area contributed by atoms with Gasteiger partial charge in [0, 0.05) is 46.0 Å². The van der Waals surface area contributed by atoms with E-state index >= 15 is 0 Å². The molecule has 1 aromatic heterocycles. The third-order valence-corrected chi connectivity index (χ3v) is 4.20. The molecule has 0 aromatic carbocycles. The number of fused-ring (bicyclic) bond motifs is 1. The first-order chi connectivity index (χ1) is 10.1. The van der Waals surface area contributed by atoms with Gasteiger partial charge in [-0.3, -0.25) is 14.5 Å². The molecule has 0 aliphatic carbocycles. The SMILES string of the molecule is CN1CCN2CCN(C(=O)c3ccc(N)nc3)CC2C1=O. The normalized spacial score (nSPS) is 23.1. The first kappa shape index (κ1) is 13.8. The number of rotatable bonds is 1. The van der Waals surface area contributed by atoms with Crippen molar-refractivity contribution in [1.82, 2.24) is 19.7 Å². The Kier molecular flexibility index (Phi) is 3.50. The van der Waals surface area contributed by atoms with Gasteiger partial charge in [0.15, 0.2) is 0 Å². The van der Waals surface area contributed by atoms with Crippen molar-refractivity contribution in [2.75, 3.05) is 45.5 Å². The summed E-state index contributed by atoms with van der Waals surface area (Å²) in [5, 5.41) is 0. The molecule has 7 nitrogen and oxygen atoms in total. The molecule has 1 aromatic rings. The number of pyridine rings is 1. The standard InChI is InChI=1S/C14H19N5O2/c1-17-4-5-18-6-7-19(9-11(18)14(17)21)13(20)10-2-3-12(15)16-8-10/h2-3,8,11H,4-7,9H2,1H3,(H2,15,16). The molecule has 0 spiro atoms. The molecular formula is C14H19N5O2. The van der Waals surface area contributed by atoms with Crippen molar-refractivity contribution in [3.8, 4) is 0 Å². The number of carbonyl (C=O) groups excluding carboxylic acids is 2. The lowest BCUT2D eigenvalue weighted by Crippen LogP contribution is -2.64. The summed E-state index contributed by atoms with van der Waals surface area (Å²) in [7, 11) is 1.81. The van der Waals surface area contributed by atoms with Crippen LogP contribution in [0.2, 0.25) is 0 Å². The zero-order chi connectivity index (χ0) is 15.0. The molecule has 1 unspecified atom stereocenters. The Morgan fingerprint density at radius 2 is 2.05 bits per heavy atom. The molecule has 2 aliphatic heterocycles. The van der Waals surface area contributed by atoms with Crippen LogP contribution < -0.4 is 5.73 Å². The predicted molar refractivity (Wildman–Crippen MR) is 77.6 cm³/mol. The monoisotopic (exact) mass is 289 g/mol. The van der Waals surface area contributed by atoms with E-state index in [2.05, 4.69) is 9.88 Å². The smallest absolute Gasteiger partial charge is 0.255 e. The van der Waals surface area contributed by atoms with Gasteiger partial charge >= 0.3 is 0 Å². The van der Waals surface area contributed by atoms with Gasteiger partial charge in [0.1, 0.15) is 11.9 Å². The van der Waals surface area contributed by atoms with E-state index in [-0.39, 0.29) is 17.9 Å². The molecule has 21 heavy (non-hydrogen) atoms. The topological polar surface area (TPSA) is 82.8 Å². The van der Waals surface area contributed by atoms with Gasteiger partial charge in [0.2, 0.25) is 5.91 Å². The number of nitrogens with two attached hydrogens (primary N) is 1. The average molecular weight is 289 g/mol. The van der Waals surface area contributed by atoms with Crippen molar-refractivity contribution in [2.45, 2.75) is 6.04 Å². The van der Waals surface area contributed by atoms with Gasteiger partial charge in [-0.05, 0) is 12.1 Å². The summed E-state index contributed by atoms with van der Waals surface area (Å²) >= 11 is 0. The molecule has 2 fully saturated rings. The number of hydrogen-bond acceptors (Lipinski definition) is 5. The van der Waals surface area contributed by atoms with Crippen LogP contribution in [-0.2, 0) is 4.79 Å². The second kappa shape index (κ2) is 5.33. The number of nitrogen functional groups attached to an aromatic ring is 1. The molecule has 3 heterocycles. The third-order valence-electron chi connectivity index (χ3n) is 4.20. The molecule has 2 aliphatic rings. The predicted octanol–water partition coefficient (Wildman–Crippen LogP) is -0.738. The summed E-state index contributed by atoms with van der Waals surface area (Å²) in [6.45, 7) is 3.44. The molecule has 1 atom stereocenters. The van der Waals surface area contributed by atoms with Crippen LogP contribution in [0.1, 0.15) is 10.4 Å². The maximum Gasteiger partial charge on any atom is 0.255 e. The molecule has 3 rings (SSSR count). The molecule has 112 valence electrons. The maximum atomic E-state index is 12.5. The number of amides is 2. The Labute approximate surface area is 123 Å². The highest BCUT2D eigenvalue weighted by Crippen LogP contribution is 2.18. The molecule has 0 saturated carbocycles. The summed E-state index contributed by atoms with van der Waals surface area (Å²) in [5.74, 6) is 0.387. The van der Waals surface area contributed by atoms with E-state index < -0.39 is 0 Å². The van der Waals surface area contributed by atoms with Gasteiger partial charge in [-0.1, -0.05) is 0 Å². The van der Waals surface area contributed by atoms with E-state index in [0.717, 1.165) is 19.6 Å². The maximum absolute atomic E-state index is 12.5. The largest absolute Gasteiger partial charge is 0.384 e. The van der Waals surface area contributed by atoms with Crippen LogP contribution in [0.25, 0.3) is 0 Å². The van der Waals surface area contributed by atoms with Gasteiger partial charge in [-0.15, -0.1) is 0 Å². The lowest BCUT2D eigenvalue weighted by Gasteiger charge is -2.45.